The molecule has 0 aliphatic heterocycles. The molecule has 19 heavy (non-hydrogen) atoms. The Morgan fingerprint density at radius 1 is 1.47 bits per heavy atom. The van der Waals surface area contributed by atoms with Crippen molar-refractivity contribution in [2.75, 3.05) is 0 Å². The highest BCUT2D eigenvalue weighted by atomic mass is 32.1. The summed E-state index contributed by atoms with van der Waals surface area (Å²) in [6.07, 6.45) is 8.58. The fourth-order valence-electron chi connectivity index (χ4n) is 2.69. The molecule has 0 amide bonds. The molecule has 1 saturated carbocycles. The number of nitrogens with one attached hydrogen (secondary N) is 1. The summed E-state index contributed by atoms with van der Waals surface area (Å²) in [5.41, 5.74) is 6.09. The molecule has 1 aromatic rings. The van der Waals surface area contributed by atoms with Gasteiger partial charge in [-0.3, -0.25) is 4.99 Å². The van der Waals surface area contributed by atoms with E-state index in [1.54, 1.807) is 11.3 Å². The van der Waals surface area contributed by atoms with Crippen molar-refractivity contribution in [2.45, 2.75) is 64.0 Å². The molecule has 1 atom stereocenters. The molecule has 1 aromatic heterocycles. The van der Waals surface area contributed by atoms with Gasteiger partial charge in [0.2, 0.25) is 0 Å². The van der Waals surface area contributed by atoms with Crippen LogP contribution in [0, 0.1) is 0 Å². The molecule has 0 aromatic carbocycles. The Morgan fingerprint density at radius 2 is 2.26 bits per heavy atom. The first kappa shape index (κ1) is 14.4. The summed E-state index contributed by atoms with van der Waals surface area (Å²) >= 11 is 1.79. The normalized spacial score (nSPS) is 19.3. The molecule has 1 fully saturated rings. The molecule has 3 nitrogen and oxygen atoms in total. The molecule has 3 N–H and O–H groups in total. The van der Waals surface area contributed by atoms with Gasteiger partial charge < -0.3 is 11.1 Å². The first-order valence-corrected chi connectivity index (χ1v) is 8.30. The van der Waals surface area contributed by atoms with Gasteiger partial charge in [0.25, 0.3) is 0 Å². The lowest BCUT2D eigenvalue weighted by Gasteiger charge is -2.21. The summed E-state index contributed by atoms with van der Waals surface area (Å²) in [6.45, 7) is 2.21. The van der Waals surface area contributed by atoms with Crippen LogP contribution < -0.4 is 11.1 Å². The van der Waals surface area contributed by atoms with Crippen molar-refractivity contribution < 1.29 is 0 Å². The van der Waals surface area contributed by atoms with Crippen LogP contribution in [0.15, 0.2) is 22.5 Å². The summed E-state index contributed by atoms with van der Waals surface area (Å²) in [4.78, 5) is 6.01. The minimum atomic E-state index is 0.317. The third-order valence-electron chi connectivity index (χ3n) is 3.68. The van der Waals surface area contributed by atoms with E-state index < -0.39 is 0 Å². The van der Waals surface area contributed by atoms with Gasteiger partial charge in [-0.05, 0) is 30.7 Å². The fraction of sp³-hybridized carbons (Fsp3) is 0.667. The Morgan fingerprint density at radius 3 is 2.89 bits per heavy atom. The maximum absolute atomic E-state index is 6.09. The monoisotopic (exact) mass is 279 g/mol. The van der Waals surface area contributed by atoms with Crippen LogP contribution in [0.1, 0.15) is 62.8 Å². The average Bonchev–Trinajstić information content (AvgIpc) is 2.93. The average molecular weight is 279 g/mol. The van der Waals surface area contributed by atoms with Gasteiger partial charge in [-0.15, -0.1) is 11.3 Å². The van der Waals surface area contributed by atoms with Crippen LogP contribution >= 0.6 is 11.3 Å². The van der Waals surface area contributed by atoms with E-state index in [-0.39, 0.29) is 0 Å². The van der Waals surface area contributed by atoms with E-state index in [9.17, 15) is 0 Å². The van der Waals surface area contributed by atoms with Gasteiger partial charge in [0, 0.05) is 4.88 Å². The summed E-state index contributed by atoms with van der Waals surface area (Å²) < 4.78 is 0. The van der Waals surface area contributed by atoms with Crippen LogP contribution in [0.5, 0.6) is 0 Å². The molecule has 0 spiro atoms. The lowest BCUT2D eigenvalue weighted by atomic mass is 9.96. The molecule has 1 aliphatic rings. The highest BCUT2D eigenvalue weighted by Gasteiger charge is 2.15. The van der Waals surface area contributed by atoms with Gasteiger partial charge in [-0.2, -0.15) is 0 Å². The van der Waals surface area contributed by atoms with E-state index in [1.807, 2.05) is 0 Å². The van der Waals surface area contributed by atoms with Crippen molar-refractivity contribution in [3.63, 3.8) is 0 Å². The number of nitrogens with zero attached hydrogens (tertiary/aromatic N) is 1. The Hall–Kier alpha value is -1.03. The minimum Gasteiger partial charge on any atom is -0.370 e. The lowest BCUT2D eigenvalue weighted by molar-refractivity contribution is 0.440. The largest absolute Gasteiger partial charge is 0.370 e. The van der Waals surface area contributed by atoms with Crippen LogP contribution in [0.2, 0.25) is 0 Å². The predicted molar refractivity (Wildman–Crippen MR) is 83.6 cm³/mol. The molecule has 0 radical (unpaired) electrons. The maximum Gasteiger partial charge on any atom is 0.189 e. The second-order valence-electron chi connectivity index (χ2n) is 5.31. The predicted octanol–water partition coefficient (Wildman–Crippen LogP) is 3.83. The van der Waals surface area contributed by atoms with E-state index in [4.69, 9.17) is 5.73 Å². The van der Waals surface area contributed by atoms with Crippen molar-refractivity contribution in [3.05, 3.63) is 22.4 Å². The Kier molecular flexibility index (Phi) is 5.70. The van der Waals surface area contributed by atoms with E-state index >= 15 is 0 Å². The smallest absolute Gasteiger partial charge is 0.189 e. The number of rotatable bonds is 5. The lowest BCUT2D eigenvalue weighted by Crippen LogP contribution is -2.36. The second kappa shape index (κ2) is 7.53. The van der Waals surface area contributed by atoms with Crippen molar-refractivity contribution in [1.29, 1.82) is 0 Å². The maximum atomic E-state index is 6.09. The molecular weight excluding hydrogens is 254 g/mol. The van der Waals surface area contributed by atoms with Crippen molar-refractivity contribution >= 4 is 17.3 Å². The highest BCUT2D eigenvalue weighted by molar-refractivity contribution is 7.10. The topological polar surface area (TPSA) is 50.4 Å². The van der Waals surface area contributed by atoms with Crippen molar-refractivity contribution in [1.82, 2.24) is 5.32 Å². The first-order valence-electron chi connectivity index (χ1n) is 7.42. The number of guanidine groups is 1. The third kappa shape index (κ3) is 4.53. The Labute approximate surface area is 120 Å². The van der Waals surface area contributed by atoms with Crippen molar-refractivity contribution in [3.8, 4) is 0 Å². The quantitative estimate of drug-likeness (QED) is 0.636. The van der Waals surface area contributed by atoms with Gasteiger partial charge >= 0.3 is 0 Å². The third-order valence-corrected chi connectivity index (χ3v) is 4.67. The van der Waals surface area contributed by atoms with Crippen LogP contribution in [0.25, 0.3) is 0 Å². The molecule has 1 heterocycles. The number of hydrogen-bond acceptors (Lipinski definition) is 2. The van der Waals surface area contributed by atoms with Crippen LogP contribution in [-0.2, 0) is 0 Å². The zero-order valence-electron chi connectivity index (χ0n) is 11.8. The van der Waals surface area contributed by atoms with Crippen LogP contribution in [0.3, 0.4) is 0 Å². The standard InChI is InChI=1S/C15H25N3S/c1-2-7-13(14-10-6-11-19-14)18-15(16)17-12-8-4-3-5-9-12/h6,10-13H,2-5,7-9H2,1H3,(H3,16,17,18). The zero-order valence-corrected chi connectivity index (χ0v) is 12.6. The van der Waals surface area contributed by atoms with E-state index in [1.165, 1.54) is 37.0 Å². The van der Waals surface area contributed by atoms with Gasteiger partial charge in [-0.25, -0.2) is 0 Å². The highest BCUT2D eigenvalue weighted by Crippen LogP contribution is 2.23. The molecule has 1 aliphatic carbocycles. The van der Waals surface area contributed by atoms with Crippen molar-refractivity contribution in [2.24, 2.45) is 10.7 Å². The molecule has 4 heteroatoms. The second-order valence-corrected chi connectivity index (χ2v) is 6.29. The Balaban J connectivity index is 1.94. The molecule has 2 rings (SSSR count). The first-order chi connectivity index (χ1) is 9.29. The summed E-state index contributed by atoms with van der Waals surface area (Å²) in [5, 5.41) is 5.52. The number of thiophene rings is 1. The van der Waals surface area contributed by atoms with Crippen LogP contribution in [0.4, 0.5) is 0 Å². The molecular formula is C15H25N3S. The minimum absolute atomic E-state index is 0.317. The summed E-state index contributed by atoms with van der Waals surface area (Å²) in [5.74, 6) is 0.624. The number of hydrogen-bond donors (Lipinski definition) is 2. The van der Waals surface area contributed by atoms with E-state index in [2.05, 4.69) is 34.7 Å². The zero-order chi connectivity index (χ0) is 13.5. The van der Waals surface area contributed by atoms with E-state index in [0.717, 1.165) is 12.8 Å². The molecule has 106 valence electrons. The van der Waals surface area contributed by atoms with Gasteiger partial charge in [0.15, 0.2) is 5.96 Å². The SMILES string of the molecule is CCCC(NC(N)=NC1CCCCC1)c1cccs1. The molecule has 0 bridgehead atoms. The van der Waals surface area contributed by atoms with Gasteiger partial charge in [-0.1, -0.05) is 38.7 Å². The summed E-state index contributed by atoms with van der Waals surface area (Å²) in [6, 6.07) is 5.02. The fourth-order valence-corrected chi connectivity index (χ4v) is 3.50. The van der Waals surface area contributed by atoms with Gasteiger partial charge in [0.05, 0.1) is 12.1 Å². The molecule has 1 unspecified atom stereocenters. The Bertz CT molecular complexity index is 380. The van der Waals surface area contributed by atoms with Gasteiger partial charge in [0.1, 0.15) is 0 Å². The van der Waals surface area contributed by atoms with E-state index in [0.29, 0.717) is 18.0 Å². The molecule has 0 saturated heterocycles. The number of nitrogens with two attached hydrogens (primary N) is 1. The van der Waals surface area contributed by atoms with Crippen LogP contribution in [-0.4, -0.2) is 12.0 Å². The summed E-state index contributed by atoms with van der Waals surface area (Å²) in [7, 11) is 0. The number of aliphatic imine (C=N–C) groups is 1.